The van der Waals surface area contributed by atoms with Gasteiger partial charge in [0.05, 0.1) is 30.2 Å². The summed E-state index contributed by atoms with van der Waals surface area (Å²) in [6.45, 7) is 2.21. The summed E-state index contributed by atoms with van der Waals surface area (Å²) in [4.78, 5) is 15.5. The number of nitrogens with zero attached hydrogens (tertiary/aromatic N) is 5. The molecular formula is C21H22N6O2. The average molecular weight is 390 g/mol. The minimum absolute atomic E-state index is 0.216. The summed E-state index contributed by atoms with van der Waals surface area (Å²) in [7, 11) is 1.66. The van der Waals surface area contributed by atoms with Gasteiger partial charge in [0.1, 0.15) is 29.9 Å². The van der Waals surface area contributed by atoms with E-state index in [1.165, 1.54) is 0 Å². The fourth-order valence-corrected chi connectivity index (χ4v) is 3.56. The molecule has 4 heterocycles. The van der Waals surface area contributed by atoms with Crippen LogP contribution in [0.5, 0.6) is 0 Å². The SMILES string of the molecule is COCc1ccc(CN2CCC[C@H]2c2ccnc(Nc3ccc(C#N)nc3)n2)o1. The maximum atomic E-state index is 8.86. The number of nitriles is 1. The molecule has 0 unspecified atom stereocenters. The van der Waals surface area contributed by atoms with E-state index in [0.29, 0.717) is 18.2 Å². The zero-order chi connectivity index (χ0) is 20.1. The molecule has 1 fully saturated rings. The van der Waals surface area contributed by atoms with Gasteiger partial charge >= 0.3 is 0 Å². The summed E-state index contributed by atoms with van der Waals surface area (Å²) in [5.74, 6) is 2.28. The molecule has 3 aromatic rings. The average Bonchev–Trinajstić information content (AvgIpc) is 3.39. The van der Waals surface area contributed by atoms with Gasteiger partial charge in [-0.05, 0) is 49.7 Å². The Labute approximate surface area is 169 Å². The maximum absolute atomic E-state index is 8.86. The topological polar surface area (TPSA) is 100 Å². The Morgan fingerprint density at radius 1 is 1.24 bits per heavy atom. The summed E-state index contributed by atoms with van der Waals surface area (Å²) in [6.07, 6.45) is 5.52. The van der Waals surface area contributed by atoms with Crippen molar-refractivity contribution < 1.29 is 9.15 Å². The van der Waals surface area contributed by atoms with Gasteiger partial charge in [-0.25, -0.2) is 15.0 Å². The second-order valence-electron chi connectivity index (χ2n) is 6.90. The normalized spacial score (nSPS) is 16.6. The van der Waals surface area contributed by atoms with Crippen molar-refractivity contribution in [2.75, 3.05) is 19.0 Å². The highest BCUT2D eigenvalue weighted by Gasteiger charge is 2.28. The van der Waals surface area contributed by atoms with Crippen molar-refractivity contribution in [3.8, 4) is 6.07 Å². The smallest absolute Gasteiger partial charge is 0.227 e. The van der Waals surface area contributed by atoms with Crippen molar-refractivity contribution in [2.45, 2.75) is 32.0 Å². The van der Waals surface area contributed by atoms with Crippen LogP contribution in [0.25, 0.3) is 0 Å². The summed E-state index contributed by atoms with van der Waals surface area (Å²) in [6, 6.07) is 11.6. The first-order valence-corrected chi connectivity index (χ1v) is 9.52. The number of nitrogens with one attached hydrogen (secondary N) is 1. The molecule has 8 heteroatoms. The minimum Gasteiger partial charge on any atom is -0.462 e. The second-order valence-corrected chi connectivity index (χ2v) is 6.90. The number of ether oxygens (including phenoxy) is 1. The molecule has 4 rings (SSSR count). The number of hydrogen-bond donors (Lipinski definition) is 1. The number of aromatic nitrogens is 3. The van der Waals surface area contributed by atoms with Gasteiger partial charge < -0.3 is 14.5 Å². The lowest BCUT2D eigenvalue weighted by Crippen LogP contribution is -2.23. The Bertz CT molecular complexity index is 995. The van der Waals surface area contributed by atoms with E-state index in [1.807, 2.05) is 24.3 Å². The Kier molecular flexibility index (Phi) is 5.79. The predicted octanol–water partition coefficient (Wildman–Crippen LogP) is 3.56. The van der Waals surface area contributed by atoms with Crippen LogP contribution < -0.4 is 5.32 Å². The van der Waals surface area contributed by atoms with Crippen molar-refractivity contribution in [1.29, 1.82) is 5.26 Å². The van der Waals surface area contributed by atoms with Gasteiger partial charge in [-0.15, -0.1) is 0 Å². The van der Waals surface area contributed by atoms with E-state index in [4.69, 9.17) is 19.4 Å². The van der Waals surface area contributed by atoms with E-state index >= 15 is 0 Å². The summed E-state index contributed by atoms with van der Waals surface area (Å²) < 4.78 is 11.0. The van der Waals surface area contributed by atoms with Crippen LogP contribution in [-0.2, 0) is 17.9 Å². The lowest BCUT2D eigenvalue weighted by atomic mass is 10.1. The minimum atomic E-state index is 0.216. The second kappa shape index (κ2) is 8.82. The third kappa shape index (κ3) is 4.59. The van der Waals surface area contributed by atoms with Crippen LogP contribution in [0.15, 0.2) is 47.1 Å². The van der Waals surface area contributed by atoms with Gasteiger partial charge in [0.15, 0.2) is 0 Å². The molecule has 1 aliphatic heterocycles. The van der Waals surface area contributed by atoms with E-state index in [2.05, 4.69) is 20.2 Å². The van der Waals surface area contributed by atoms with Gasteiger partial charge in [-0.1, -0.05) is 0 Å². The highest BCUT2D eigenvalue weighted by atomic mass is 16.5. The number of anilines is 2. The van der Waals surface area contributed by atoms with Gasteiger partial charge in [0.2, 0.25) is 5.95 Å². The van der Waals surface area contributed by atoms with Crippen LogP contribution in [0, 0.1) is 11.3 Å². The van der Waals surface area contributed by atoms with Gasteiger partial charge in [0.25, 0.3) is 0 Å². The number of methoxy groups -OCH3 is 1. The molecule has 0 amide bonds. The highest BCUT2D eigenvalue weighted by Crippen LogP contribution is 2.32. The van der Waals surface area contributed by atoms with Crippen molar-refractivity contribution in [3.05, 3.63) is 65.6 Å². The first-order valence-electron chi connectivity index (χ1n) is 9.52. The number of pyridine rings is 1. The third-order valence-electron chi connectivity index (χ3n) is 4.88. The van der Waals surface area contributed by atoms with Crippen LogP contribution >= 0.6 is 0 Å². The van der Waals surface area contributed by atoms with Crippen LogP contribution in [-0.4, -0.2) is 33.5 Å². The fourth-order valence-electron chi connectivity index (χ4n) is 3.56. The lowest BCUT2D eigenvalue weighted by Gasteiger charge is -2.23. The number of likely N-dealkylation sites (tertiary alicyclic amines) is 1. The van der Waals surface area contributed by atoms with E-state index in [0.717, 1.165) is 48.8 Å². The molecule has 0 radical (unpaired) electrons. The Balaban J connectivity index is 1.46. The molecule has 0 aliphatic carbocycles. The molecule has 8 nitrogen and oxygen atoms in total. The third-order valence-corrected chi connectivity index (χ3v) is 4.88. The number of rotatable bonds is 7. The first-order chi connectivity index (χ1) is 14.2. The zero-order valence-electron chi connectivity index (χ0n) is 16.2. The predicted molar refractivity (Wildman–Crippen MR) is 106 cm³/mol. The van der Waals surface area contributed by atoms with Gasteiger partial charge in [0, 0.05) is 13.3 Å². The van der Waals surface area contributed by atoms with Crippen molar-refractivity contribution >= 4 is 11.6 Å². The first kappa shape index (κ1) is 19.1. The molecule has 0 bridgehead atoms. The Morgan fingerprint density at radius 3 is 2.93 bits per heavy atom. The monoisotopic (exact) mass is 390 g/mol. The summed E-state index contributed by atoms with van der Waals surface area (Å²) in [5, 5.41) is 12.0. The molecule has 0 spiro atoms. The van der Waals surface area contributed by atoms with E-state index < -0.39 is 0 Å². The van der Waals surface area contributed by atoms with Crippen molar-refractivity contribution in [1.82, 2.24) is 19.9 Å². The van der Waals surface area contributed by atoms with Crippen LogP contribution in [0.4, 0.5) is 11.6 Å². The quantitative estimate of drug-likeness (QED) is 0.654. The molecule has 0 aromatic carbocycles. The van der Waals surface area contributed by atoms with E-state index in [9.17, 15) is 0 Å². The molecule has 29 heavy (non-hydrogen) atoms. The van der Waals surface area contributed by atoms with Gasteiger partial charge in [-0.2, -0.15) is 5.26 Å². The molecule has 1 atom stereocenters. The van der Waals surface area contributed by atoms with E-state index in [1.54, 1.807) is 31.6 Å². The standard InChI is InChI=1S/C21H22N6O2/c1-28-14-18-7-6-17(29-18)13-27-10-2-3-20(27)19-8-9-23-21(26-19)25-16-5-4-15(11-22)24-12-16/h4-9,12,20H,2-3,10,13-14H2,1H3,(H,23,25,26)/t20-/m0/s1. The molecule has 1 N–H and O–H groups in total. The van der Waals surface area contributed by atoms with Crippen LogP contribution in [0.3, 0.4) is 0 Å². The molecular weight excluding hydrogens is 368 g/mol. The zero-order valence-corrected chi connectivity index (χ0v) is 16.2. The molecule has 1 saturated heterocycles. The summed E-state index contributed by atoms with van der Waals surface area (Å²) in [5.41, 5.74) is 2.09. The lowest BCUT2D eigenvalue weighted by molar-refractivity contribution is 0.158. The summed E-state index contributed by atoms with van der Waals surface area (Å²) >= 11 is 0. The van der Waals surface area contributed by atoms with Crippen LogP contribution in [0.2, 0.25) is 0 Å². The van der Waals surface area contributed by atoms with Gasteiger partial charge in [-0.3, -0.25) is 4.90 Å². The van der Waals surface area contributed by atoms with E-state index in [-0.39, 0.29) is 6.04 Å². The van der Waals surface area contributed by atoms with Crippen molar-refractivity contribution in [2.24, 2.45) is 0 Å². The molecule has 0 saturated carbocycles. The van der Waals surface area contributed by atoms with Crippen molar-refractivity contribution in [3.63, 3.8) is 0 Å². The maximum Gasteiger partial charge on any atom is 0.227 e. The largest absolute Gasteiger partial charge is 0.462 e. The number of hydrogen-bond acceptors (Lipinski definition) is 8. The van der Waals surface area contributed by atoms with Crippen LogP contribution in [0.1, 0.15) is 41.8 Å². The Hall–Kier alpha value is -3.28. The number of furan rings is 1. The molecule has 148 valence electrons. The highest BCUT2D eigenvalue weighted by molar-refractivity contribution is 5.52. The Morgan fingerprint density at radius 2 is 2.14 bits per heavy atom. The molecule has 1 aliphatic rings. The fraction of sp³-hybridized carbons (Fsp3) is 0.333. The molecule has 3 aromatic heterocycles.